The zero-order chi connectivity index (χ0) is 15.1. The molecule has 1 heterocycles. The molecule has 0 unspecified atom stereocenters. The van der Waals surface area contributed by atoms with Crippen LogP contribution in [0.1, 0.15) is 37.0 Å². The third-order valence-corrected chi connectivity index (χ3v) is 4.05. The summed E-state index contributed by atoms with van der Waals surface area (Å²) in [6, 6.07) is 7.16. The van der Waals surface area contributed by atoms with Gasteiger partial charge in [0.15, 0.2) is 0 Å². The maximum absolute atomic E-state index is 11.1. The molecule has 1 aromatic heterocycles. The predicted octanol–water partition coefficient (Wildman–Crippen LogP) is 3.25. The highest BCUT2D eigenvalue weighted by atomic mass is 79.9. The average molecular weight is 336 g/mol. The second kappa shape index (κ2) is 5.05. The van der Waals surface area contributed by atoms with Crippen LogP contribution in [0.2, 0.25) is 0 Å². The number of nitrogens with two attached hydrogens (primary N) is 1. The molecule has 1 amide bonds. The number of nitrogens with zero attached hydrogens (tertiary/aromatic N) is 2. The van der Waals surface area contributed by atoms with Crippen LogP contribution >= 0.6 is 15.9 Å². The maximum Gasteiger partial charge on any atom is 0.248 e. The average Bonchev–Trinajstić information content (AvgIpc) is 2.66. The number of rotatable bonds is 2. The molecule has 0 aliphatic heterocycles. The number of hydrogen-bond donors (Lipinski definition) is 1. The highest BCUT2D eigenvalue weighted by Crippen LogP contribution is 2.32. The summed E-state index contributed by atoms with van der Waals surface area (Å²) >= 11 is 3.59. The smallest absolute Gasteiger partial charge is 0.248 e. The number of aromatic nitrogens is 2. The van der Waals surface area contributed by atoms with Crippen molar-refractivity contribution in [1.82, 2.24) is 9.55 Å². The summed E-state index contributed by atoms with van der Waals surface area (Å²) < 4.78 is 2.96. The second-order valence-electron chi connectivity index (χ2n) is 5.83. The number of halogens is 1. The van der Waals surface area contributed by atoms with Gasteiger partial charge in [0.25, 0.3) is 0 Å². The van der Waals surface area contributed by atoms with E-state index in [1.165, 1.54) is 0 Å². The van der Waals surface area contributed by atoms with E-state index in [4.69, 9.17) is 10.7 Å². The Kier molecular flexibility index (Phi) is 3.73. The molecule has 0 bridgehead atoms. The molecule has 4 nitrogen and oxygen atoms in total. The number of amides is 1. The van der Waals surface area contributed by atoms with Crippen LogP contribution in [0.25, 0.3) is 11.3 Å². The minimum atomic E-state index is -0.424. The van der Waals surface area contributed by atoms with E-state index in [1.807, 2.05) is 23.7 Å². The number of primary amides is 1. The van der Waals surface area contributed by atoms with E-state index in [0.717, 1.165) is 21.7 Å². The van der Waals surface area contributed by atoms with Gasteiger partial charge >= 0.3 is 0 Å². The van der Waals surface area contributed by atoms with Gasteiger partial charge in [-0.2, -0.15) is 0 Å². The molecule has 0 saturated heterocycles. The van der Waals surface area contributed by atoms with Crippen molar-refractivity contribution >= 4 is 21.8 Å². The lowest BCUT2D eigenvalue weighted by Crippen LogP contribution is -2.17. The maximum atomic E-state index is 11.1. The zero-order valence-electron chi connectivity index (χ0n) is 12.1. The first-order valence-corrected chi connectivity index (χ1v) is 7.14. The Bertz CT molecular complexity index is 651. The molecule has 1 aromatic carbocycles. The van der Waals surface area contributed by atoms with Gasteiger partial charge in [-0.3, -0.25) is 4.79 Å². The molecule has 0 spiro atoms. The van der Waals surface area contributed by atoms with Crippen molar-refractivity contribution in [3.63, 3.8) is 0 Å². The van der Waals surface area contributed by atoms with Crippen molar-refractivity contribution in [1.29, 1.82) is 0 Å². The van der Waals surface area contributed by atoms with E-state index < -0.39 is 5.91 Å². The number of benzene rings is 1. The number of hydrogen-bond acceptors (Lipinski definition) is 2. The van der Waals surface area contributed by atoms with Crippen LogP contribution in [0.3, 0.4) is 0 Å². The van der Waals surface area contributed by atoms with Crippen LogP contribution in [0, 0.1) is 0 Å². The molecule has 0 aliphatic rings. The van der Waals surface area contributed by atoms with Crippen LogP contribution < -0.4 is 5.73 Å². The van der Waals surface area contributed by atoms with Crippen molar-refractivity contribution in [3.8, 4) is 11.3 Å². The minimum Gasteiger partial charge on any atom is -0.366 e. The van der Waals surface area contributed by atoms with Gasteiger partial charge in [0, 0.05) is 23.6 Å². The third-order valence-electron chi connectivity index (χ3n) is 3.14. The third kappa shape index (κ3) is 2.63. The van der Waals surface area contributed by atoms with E-state index in [2.05, 4.69) is 36.7 Å². The molecule has 20 heavy (non-hydrogen) atoms. The molecule has 0 radical (unpaired) electrons. The fraction of sp³-hybridized carbons (Fsp3) is 0.333. The first kappa shape index (κ1) is 14.8. The number of imidazole rings is 1. The molecule has 2 aromatic rings. The van der Waals surface area contributed by atoms with Gasteiger partial charge in [0.2, 0.25) is 5.91 Å². The molecule has 0 fully saturated rings. The van der Waals surface area contributed by atoms with Crippen LogP contribution in [0.4, 0.5) is 0 Å². The molecular weight excluding hydrogens is 318 g/mol. The summed E-state index contributed by atoms with van der Waals surface area (Å²) in [5.74, 6) is 0.574. The summed E-state index contributed by atoms with van der Waals surface area (Å²) in [5.41, 5.74) is 7.53. The number of carbonyl (C=O) groups is 1. The highest BCUT2D eigenvalue weighted by molar-refractivity contribution is 9.10. The first-order valence-electron chi connectivity index (χ1n) is 6.34. The lowest BCUT2D eigenvalue weighted by molar-refractivity contribution is 0.100. The monoisotopic (exact) mass is 335 g/mol. The quantitative estimate of drug-likeness (QED) is 0.915. The Morgan fingerprint density at radius 2 is 1.80 bits per heavy atom. The fourth-order valence-electron chi connectivity index (χ4n) is 2.13. The van der Waals surface area contributed by atoms with Gasteiger partial charge in [-0.05, 0) is 28.1 Å². The van der Waals surface area contributed by atoms with Gasteiger partial charge in [-0.15, -0.1) is 0 Å². The topological polar surface area (TPSA) is 60.9 Å². The molecule has 0 aliphatic carbocycles. The predicted molar refractivity (Wildman–Crippen MR) is 83.6 cm³/mol. The van der Waals surface area contributed by atoms with Crippen molar-refractivity contribution in [3.05, 3.63) is 40.3 Å². The second-order valence-corrected chi connectivity index (χ2v) is 6.58. The van der Waals surface area contributed by atoms with Crippen LogP contribution in [0.15, 0.2) is 28.9 Å². The van der Waals surface area contributed by atoms with Crippen LogP contribution in [-0.4, -0.2) is 15.5 Å². The lowest BCUT2D eigenvalue weighted by atomic mass is 9.96. The summed E-state index contributed by atoms with van der Waals surface area (Å²) in [4.78, 5) is 15.8. The molecule has 106 valence electrons. The Balaban J connectivity index is 2.51. The zero-order valence-corrected chi connectivity index (χ0v) is 13.7. The van der Waals surface area contributed by atoms with E-state index in [-0.39, 0.29) is 5.41 Å². The lowest BCUT2D eigenvalue weighted by Gasteiger charge is -2.17. The normalized spacial score (nSPS) is 11.7. The molecule has 5 heteroatoms. The van der Waals surface area contributed by atoms with Crippen LogP contribution in [0.5, 0.6) is 0 Å². The number of carbonyl (C=O) groups excluding carboxylic acids is 1. The SMILES string of the molecule is Cn1c(C(C)(C)C)nc(-c2ccc(C(N)=O)cc2)c1Br. The standard InChI is InChI=1S/C15H18BrN3O/c1-15(2,3)14-18-11(12(16)19(14)4)9-5-7-10(8-6-9)13(17)20/h5-8H,1-4H3,(H2,17,20). The van der Waals surface area contributed by atoms with E-state index in [0.29, 0.717) is 5.56 Å². The van der Waals surface area contributed by atoms with Gasteiger partial charge in [-0.1, -0.05) is 32.9 Å². The van der Waals surface area contributed by atoms with Gasteiger partial charge < -0.3 is 10.3 Å². The molecule has 2 N–H and O–H groups in total. The Hall–Kier alpha value is -1.62. The van der Waals surface area contributed by atoms with E-state index in [1.54, 1.807) is 12.1 Å². The fourth-order valence-corrected chi connectivity index (χ4v) is 2.61. The van der Waals surface area contributed by atoms with Gasteiger partial charge in [0.05, 0.1) is 0 Å². The summed E-state index contributed by atoms with van der Waals surface area (Å²) in [7, 11) is 1.99. The van der Waals surface area contributed by atoms with Crippen LogP contribution in [-0.2, 0) is 12.5 Å². The minimum absolute atomic E-state index is 0.0390. The molecule has 0 atom stereocenters. The molecule has 0 saturated carbocycles. The molecule has 2 rings (SSSR count). The van der Waals surface area contributed by atoms with Gasteiger partial charge in [-0.25, -0.2) is 4.98 Å². The largest absolute Gasteiger partial charge is 0.366 e. The van der Waals surface area contributed by atoms with Crippen molar-refractivity contribution < 1.29 is 4.79 Å². The Morgan fingerprint density at radius 1 is 1.25 bits per heavy atom. The van der Waals surface area contributed by atoms with Crippen molar-refractivity contribution in [2.24, 2.45) is 12.8 Å². The first-order chi connectivity index (χ1) is 9.21. The van der Waals surface area contributed by atoms with Crippen molar-refractivity contribution in [2.75, 3.05) is 0 Å². The van der Waals surface area contributed by atoms with Gasteiger partial charge in [0.1, 0.15) is 16.1 Å². The summed E-state index contributed by atoms with van der Waals surface area (Å²) in [6.45, 7) is 6.38. The van der Waals surface area contributed by atoms with Crippen molar-refractivity contribution in [2.45, 2.75) is 26.2 Å². The summed E-state index contributed by atoms with van der Waals surface area (Å²) in [6.07, 6.45) is 0. The van der Waals surface area contributed by atoms with E-state index in [9.17, 15) is 4.79 Å². The Morgan fingerprint density at radius 3 is 2.20 bits per heavy atom. The Labute approximate surface area is 127 Å². The van der Waals surface area contributed by atoms with E-state index >= 15 is 0 Å². The summed E-state index contributed by atoms with van der Waals surface area (Å²) in [5, 5.41) is 0. The molecular formula is C15H18BrN3O. The highest BCUT2D eigenvalue weighted by Gasteiger charge is 2.23.